The molecule has 8 heteroatoms. The van der Waals surface area contributed by atoms with Crippen LogP contribution in [0.25, 0.3) is 16.8 Å². The summed E-state index contributed by atoms with van der Waals surface area (Å²) in [7, 11) is 2.01. The highest BCUT2D eigenvalue weighted by Crippen LogP contribution is 2.51. The van der Waals surface area contributed by atoms with Gasteiger partial charge in [0.25, 0.3) is 5.56 Å². The molecule has 0 bridgehead atoms. The minimum absolute atomic E-state index is 0.0636. The van der Waals surface area contributed by atoms with E-state index in [1.54, 1.807) is 16.9 Å². The molecular weight excluding hydrogens is 500 g/mol. The standard InChI is InChI=1S/C32H38N6O2/c1-21-6-5-11-37(17-21)18-23-12-28(40-26-9-10-26)29-33-16-27(30(39)38(29)19-23)24-7-4-8-25(13-24)32(14-22(2)15-32)31-35-34-20-36(31)3/h4,7-8,12-13,16,19-22,26H,5-6,9-11,14-15,17-18H2,1-3H3/t21-,22?,32?/m0/s1. The predicted molar refractivity (Wildman–Crippen MR) is 154 cm³/mol. The van der Waals surface area contributed by atoms with Crippen LogP contribution in [0, 0.1) is 11.8 Å². The summed E-state index contributed by atoms with van der Waals surface area (Å²) in [6.07, 6.45) is 12.3. The molecule has 4 aromatic rings. The van der Waals surface area contributed by atoms with Crippen molar-refractivity contribution in [2.75, 3.05) is 13.1 Å². The fraction of sp³-hybridized carbons (Fsp3) is 0.500. The molecule has 8 nitrogen and oxygen atoms in total. The lowest BCUT2D eigenvalue weighted by molar-refractivity contribution is 0.176. The van der Waals surface area contributed by atoms with Gasteiger partial charge in [0.1, 0.15) is 12.2 Å². The number of hydrogen-bond acceptors (Lipinski definition) is 6. The van der Waals surface area contributed by atoms with E-state index in [0.717, 1.165) is 62.3 Å². The number of fused-ring (bicyclic) bond motifs is 1. The SMILES string of the molecule is CC1CC(c2cccc(-c3cnc4c(OC5CC5)cc(CN5CCC[C@H](C)C5)cn4c3=O)c2)(c2nncn2C)C1. The van der Waals surface area contributed by atoms with Gasteiger partial charge in [-0.15, -0.1) is 10.2 Å². The van der Waals surface area contributed by atoms with E-state index in [1.165, 1.54) is 18.4 Å². The number of nitrogens with zero attached hydrogens (tertiary/aromatic N) is 6. The van der Waals surface area contributed by atoms with Gasteiger partial charge < -0.3 is 9.30 Å². The van der Waals surface area contributed by atoms with E-state index in [9.17, 15) is 4.79 Å². The zero-order valence-electron chi connectivity index (χ0n) is 23.7. The Morgan fingerprint density at radius 2 is 1.95 bits per heavy atom. The minimum Gasteiger partial charge on any atom is -0.487 e. The topological polar surface area (TPSA) is 77.6 Å². The Morgan fingerprint density at radius 3 is 2.67 bits per heavy atom. The number of piperidine rings is 1. The maximum absolute atomic E-state index is 14.1. The van der Waals surface area contributed by atoms with Crippen LogP contribution in [0.15, 0.2) is 53.8 Å². The summed E-state index contributed by atoms with van der Waals surface area (Å²) < 4.78 is 10.0. The summed E-state index contributed by atoms with van der Waals surface area (Å²) >= 11 is 0. The van der Waals surface area contributed by atoms with Crippen molar-refractivity contribution in [3.63, 3.8) is 0 Å². The Morgan fingerprint density at radius 1 is 1.10 bits per heavy atom. The fourth-order valence-corrected chi connectivity index (χ4v) is 7.01. The van der Waals surface area contributed by atoms with Crippen LogP contribution in [0.4, 0.5) is 0 Å². The molecule has 40 heavy (non-hydrogen) atoms. The van der Waals surface area contributed by atoms with Crippen molar-refractivity contribution in [2.45, 2.75) is 70.4 Å². The molecular formula is C32H38N6O2. The molecule has 0 N–H and O–H groups in total. The van der Waals surface area contributed by atoms with Gasteiger partial charge in [-0.2, -0.15) is 0 Å². The number of ether oxygens (including phenoxy) is 1. The van der Waals surface area contributed by atoms with Crippen LogP contribution in [-0.2, 0) is 19.0 Å². The molecule has 1 atom stereocenters. The van der Waals surface area contributed by atoms with Gasteiger partial charge in [-0.1, -0.05) is 32.0 Å². The van der Waals surface area contributed by atoms with Crippen LogP contribution in [0.5, 0.6) is 5.75 Å². The number of likely N-dealkylation sites (tertiary alicyclic amines) is 1. The van der Waals surface area contributed by atoms with Gasteiger partial charge in [-0.3, -0.25) is 14.1 Å². The lowest BCUT2D eigenvalue weighted by atomic mass is 9.58. The summed E-state index contributed by atoms with van der Waals surface area (Å²) in [5.41, 5.74) is 4.09. The third kappa shape index (κ3) is 4.52. The monoisotopic (exact) mass is 538 g/mol. The summed E-state index contributed by atoms with van der Waals surface area (Å²) in [4.78, 5) is 21.4. The molecule has 208 valence electrons. The van der Waals surface area contributed by atoms with E-state index in [1.807, 2.05) is 23.9 Å². The summed E-state index contributed by atoms with van der Waals surface area (Å²) in [5, 5.41) is 8.67. The first-order valence-corrected chi connectivity index (χ1v) is 14.8. The van der Waals surface area contributed by atoms with E-state index in [0.29, 0.717) is 28.8 Å². The average molecular weight is 539 g/mol. The van der Waals surface area contributed by atoms with Gasteiger partial charge in [0.15, 0.2) is 11.4 Å². The molecule has 1 aromatic carbocycles. The first-order valence-electron chi connectivity index (χ1n) is 14.8. The molecule has 2 aliphatic carbocycles. The summed E-state index contributed by atoms with van der Waals surface area (Å²) in [6, 6.07) is 10.5. The van der Waals surface area contributed by atoms with Crippen LogP contribution in [0.3, 0.4) is 0 Å². The maximum atomic E-state index is 14.1. The quantitative estimate of drug-likeness (QED) is 0.330. The molecule has 3 aliphatic rings. The molecule has 1 saturated heterocycles. The first kappa shape index (κ1) is 25.4. The zero-order valence-corrected chi connectivity index (χ0v) is 23.7. The van der Waals surface area contributed by atoms with Crippen LogP contribution in [-0.4, -0.2) is 48.2 Å². The van der Waals surface area contributed by atoms with Crippen molar-refractivity contribution in [2.24, 2.45) is 18.9 Å². The van der Waals surface area contributed by atoms with Crippen LogP contribution in [0.1, 0.15) is 69.3 Å². The highest BCUT2D eigenvalue weighted by atomic mass is 16.5. The third-order valence-corrected chi connectivity index (χ3v) is 9.05. The van der Waals surface area contributed by atoms with E-state index >= 15 is 0 Å². The Kier molecular flexibility index (Phi) is 6.26. The number of pyridine rings is 1. The smallest absolute Gasteiger partial charge is 0.265 e. The van der Waals surface area contributed by atoms with Gasteiger partial charge in [-0.25, -0.2) is 4.98 Å². The molecule has 4 heterocycles. The largest absolute Gasteiger partial charge is 0.487 e. The number of rotatable bonds is 7. The van der Waals surface area contributed by atoms with E-state index in [-0.39, 0.29) is 17.1 Å². The molecule has 0 unspecified atom stereocenters. The second kappa shape index (κ2) is 9.84. The normalized spacial score (nSPS) is 25.2. The van der Waals surface area contributed by atoms with Crippen molar-refractivity contribution in [1.29, 1.82) is 0 Å². The molecule has 7 rings (SSSR count). The molecule has 0 amide bonds. The molecule has 0 radical (unpaired) electrons. The number of aryl methyl sites for hydroxylation is 1. The average Bonchev–Trinajstić information content (AvgIpc) is 3.64. The van der Waals surface area contributed by atoms with Gasteiger partial charge in [0.05, 0.1) is 17.1 Å². The molecule has 0 spiro atoms. The highest BCUT2D eigenvalue weighted by Gasteiger charge is 2.48. The number of hydrogen-bond donors (Lipinski definition) is 0. The summed E-state index contributed by atoms with van der Waals surface area (Å²) in [5.74, 6) is 3.00. The minimum atomic E-state index is -0.189. The second-order valence-corrected chi connectivity index (χ2v) is 12.6. The van der Waals surface area contributed by atoms with Crippen molar-refractivity contribution in [3.8, 4) is 16.9 Å². The lowest BCUT2D eigenvalue weighted by Gasteiger charge is -2.46. The number of aromatic nitrogens is 5. The second-order valence-electron chi connectivity index (χ2n) is 12.6. The van der Waals surface area contributed by atoms with Crippen molar-refractivity contribution in [1.82, 2.24) is 29.0 Å². The van der Waals surface area contributed by atoms with Gasteiger partial charge in [-0.05, 0) is 85.7 Å². The van der Waals surface area contributed by atoms with Crippen molar-refractivity contribution < 1.29 is 4.74 Å². The summed E-state index contributed by atoms with van der Waals surface area (Å²) in [6.45, 7) is 7.59. The predicted octanol–water partition coefficient (Wildman–Crippen LogP) is 4.98. The Balaban J connectivity index is 1.29. The fourth-order valence-electron chi connectivity index (χ4n) is 7.01. The van der Waals surface area contributed by atoms with Crippen molar-refractivity contribution >= 4 is 5.65 Å². The lowest BCUT2D eigenvalue weighted by Crippen LogP contribution is -2.43. The maximum Gasteiger partial charge on any atom is 0.265 e. The molecule has 2 saturated carbocycles. The molecule has 1 aliphatic heterocycles. The van der Waals surface area contributed by atoms with E-state index in [2.05, 4.69) is 53.2 Å². The number of benzene rings is 1. The van der Waals surface area contributed by atoms with Gasteiger partial charge >= 0.3 is 0 Å². The molecule has 3 fully saturated rings. The zero-order chi connectivity index (χ0) is 27.4. The van der Waals surface area contributed by atoms with E-state index in [4.69, 9.17) is 9.72 Å². The van der Waals surface area contributed by atoms with Gasteiger partial charge in [0.2, 0.25) is 0 Å². The Hall–Kier alpha value is -3.52. The highest BCUT2D eigenvalue weighted by molar-refractivity contribution is 5.66. The molecule has 3 aromatic heterocycles. The van der Waals surface area contributed by atoms with E-state index < -0.39 is 0 Å². The Labute approximate surface area is 235 Å². The van der Waals surface area contributed by atoms with Crippen LogP contribution >= 0.6 is 0 Å². The van der Waals surface area contributed by atoms with Crippen molar-refractivity contribution in [3.05, 3.63) is 76.4 Å². The first-order chi connectivity index (χ1) is 19.4. The van der Waals surface area contributed by atoms with Crippen LogP contribution in [0.2, 0.25) is 0 Å². The van der Waals surface area contributed by atoms with Crippen LogP contribution < -0.4 is 10.3 Å². The Bertz CT molecular complexity index is 1610. The van der Waals surface area contributed by atoms with Gasteiger partial charge in [0, 0.05) is 32.5 Å². The third-order valence-electron chi connectivity index (χ3n) is 9.05.